The van der Waals surface area contributed by atoms with Crippen LogP contribution < -0.4 is 20.1 Å². The Morgan fingerprint density at radius 1 is 0.641 bits per heavy atom. The Balaban J connectivity index is 0.808. The number of aromatic nitrogens is 6. The summed E-state index contributed by atoms with van der Waals surface area (Å²) in [5.41, 5.74) is 4.04. The molecule has 6 heterocycles. The van der Waals surface area contributed by atoms with Crippen LogP contribution in [0.25, 0.3) is 22.1 Å². The van der Waals surface area contributed by atoms with Gasteiger partial charge in [0.25, 0.3) is 0 Å². The van der Waals surface area contributed by atoms with Gasteiger partial charge in [0.2, 0.25) is 10.3 Å². The number of ether oxygens (including phenoxy) is 6. The molecular formula is C51H56F6N8O11S2. The topological polar surface area (TPSA) is 226 Å². The first-order valence-corrected chi connectivity index (χ1v) is 27.4. The van der Waals surface area contributed by atoms with Crippen molar-refractivity contribution in [2.45, 2.75) is 125 Å². The number of hydrogen-bond acceptors (Lipinski definition) is 15. The monoisotopic (exact) mass is 1130 g/mol. The number of imidazole rings is 2. The predicted octanol–water partition coefficient (Wildman–Crippen LogP) is 8.75. The number of nitrogens with zero attached hydrogens (tertiary/aromatic N) is 6. The van der Waals surface area contributed by atoms with Crippen molar-refractivity contribution in [3.05, 3.63) is 94.6 Å². The summed E-state index contributed by atoms with van der Waals surface area (Å²) in [4.78, 5) is 58.3. The van der Waals surface area contributed by atoms with Gasteiger partial charge in [0, 0.05) is 62.3 Å². The number of nitrogens with one attached hydrogen (secondary N) is 2. The fourth-order valence-electron chi connectivity index (χ4n) is 9.00. The highest BCUT2D eigenvalue weighted by Crippen LogP contribution is 2.30. The lowest BCUT2D eigenvalue weighted by Gasteiger charge is -2.31. The first-order valence-electron chi connectivity index (χ1n) is 24.8. The molecule has 0 spiro atoms. The Hall–Kier alpha value is -6.71. The molecule has 2 N–H and O–H groups in total. The van der Waals surface area contributed by atoms with E-state index in [2.05, 4.69) is 30.6 Å². The number of hydrogen-bond donors (Lipinski definition) is 2. The average Bonchev–Trinajstić information content (AvgIpc) is 3.98. The molecule has 27 heteroatoms. The van der Waals surface area contributed by atoms with Crippen molar-refractivity contribution in [2.75, 3.05) is 39.5 Å². The number of benzene rings is 2. The van der Waals surface area contributed by atoms with Crippen molar-refractivity contribution in [1.82, 2.24) is 39.7 Å². The number of amides is 2. The molecule has 8 rings (SSSR count). The molecule has 2 unspecified atom stereocenters. The lowest BCUT2D eigenvalue weighted by atomic mass is 10.0. The van der Waals surface area contributed by atoms with Gasteiger partial charge in [-0.05, 0) is 75.9 Å². The summed E-state index contributed by atoms with van der Waals surface area (Å²) in [5.74, 6) is -0.662. The van der Waals surface area contributed by atoms with E-state index in [0.29, 0.717) is 60.6 Å². The Morgan fingerprint density at radius 2 is 1.05 bits per heavy atom. The molecule has 2 aliphatic rings. The third-order valence-corrected chi connectivity index (χ3v) is 15.4. The van der Waals surface area contributed by atoms with Gasteiger partial charge in [-0.3, -0.25) is 18.4 Å². The first kappa shape index (κ1) is 57.5. The highest BCUT2D eigenvalue weighted by atomic mass is 32.2. The van der Waals surface area contributed by atoms with Crippen molar-refractivity contribution in [2.24, 2.45) is 0 Å². The molecule has 6 aromatic rings. The van der Waals surface area contributed by atoms with Crippen molar-refractivity contribution < 1.29 is 77.6 Å². The normalized spacial score (nSPS) is 18.8. The summed E-state index contributed by atoms with van der Waals surface area (Å²) in [6.45, 7) is 4.33. The predicted molar refractivity (Wildman–Crippen MR) is 270 cm³/mol. The van der Waals surface area contributed by atoms with E-state index < -0.39 is 89.8 Å². The van der Waals surface area contributed by atoms with Gasteiger partial charge in [0.05, 0.1) is 92.0 Å². The van der Waals surface area contributed by atoms with Crippen molar-refractivity contribution >= 4 is 61.9 Å². The quantitative estimate of drug-likeness (QED) is 0.0606. The van der Waals surface area contributed by atoms with E-state index >= 15 is 0 Å². The van der Waals surface area contributed by atoms with Crippen LogP contribution in [0.2, 0.25) is 0 Å². The molecule has 2 aromatic carbocycles. The number of carbonyl (C=O) groups excluding carboxylic acids is 3. The van der Waals surface area contributed by atoms with E-state index in [0.717, 1.165) is 11.1 Å². The van der Waals surface area contributed by atoms with Crippen LogP contribution in [0.5, 0.6) is 11.5 Å². The Kier molecular flexibility index (Phi) is 18.4. The van der Waals surface area contributed by atoms with E-state index in [1.807, 2.05) is 0 Å². The molecule has 2 saturated heterocycles. The van der Waals surface area contributed by atoms with Gasteiger partial charge >= 0.3 is 30.6 Å². The van der Waals surface area contributed by atoms with Crippen molar-refractivity contribution in [3.63, 3.8) is 0 Å². The number of aryl methyl sites for hydroxylation is 2. The van der Waals surface area contributed by atoms with Crippen LogP contribution in [0.3, 0.4) is 0 Å². The fourth-order valence-corrected chi connectivity index (χ4v) is 11.5. The van der Waals surface area contributed by atoms with Crippen LogP contribution >= 0.6 is 0 Å². The van der Waals surface area contributed by atoms with Crippen LogP contribution in [0.4, 0.5) is 40.7 Å². The van der Waals surface area contributed by atoms with Gasteiger partial charge in [-0.15, -0.1) is 0 Å². The summed E-state index contributed by atoms with van der Waals surface area (Å²) < 4.78 is 141. The van der Waals surface area contributed by atoms with Crippen molar-refractivity contribution in [1.29, 1.82) is 0 Å². The van der Waals surface area contributed by atoms with Crippen LogP contribution in [-0.4, -0.2) is 132 Å². The Labute approximate surface area is 448 Å². The van der Waals surface area contributed by atoms with Gasteiger partial charge in [-0.2, -0.15) is 26.3 Å². The van der Waals surface area contributed by atoms with Crippen LogP contribution in [-0.2, 0) is 52.1 Å². The van der Waals surface area contributed by atoms with Gasteiger partial charge in [-0.1, -0.05) is 24.3 Å². The summed E-state index contributed by atoms with van der Waals surface area (Å²) in [7, 11) is -3.97. The molecule has 2 aliphatic heterocycles. The highest BCUT2D eigenvalue weighted by Gasteiger charge is 2.33. The molecule has 0 saturated carbocycles. The standard InChI is InChI=1S/C51H56F6N8O11S2/c1-29-7-5-9-39-43(29)62-47(77(69)25-37-31(3)41(13-19-58-37)73-27-50(52,53)54)64(39)45(66)60-17-11-33-23-35(15-21-71-33)75-49(68)76-36-16-22-72-34(24-36)12-18-61-46(67)65-40-10-6-8-30(2)44(40)63-48(65)78(70)26-38-32(4)42(14-20-59-38)74-28-51(55,56)57/h5-10,13-14,19-20,33-36H,11-12,15-18,21-28H2,1-4H3,(H,60,66)(H,61,67)/t33-,34-,35-,36-,77?,78?/m1/s1. The molecule has 4 aromatic heterocycles. The molecule has 2 fully saturated rings. The molecule has 78 heavy (non-hydrogen) atoms. The minimum Gasteiger partial charge on any atom is -0.484 e. The van der Waals surface area contributed by atoms with E-state index in [1.165, 1.54) is 47.5 Å². The van der Waals surface area contributed by atoms with Crippen LogP contribution in [0.15, 0.2) is 71.2 Å². The molecule has 2 amide bonds. The maximum absolute atomic E-state index is 13.9. The zero-order valence-corrected chi connectivity index (χ0v) is 44.4. The summed E-state index contributed by atoms with van der Waals surface area (Å²) in [6.07, 6.45) is -7.33. The Bertz CT molecular complexity index is 3000. The van der Waals surface area contributed by atoms with Gasteiger partial charge in [-0.25, -0.2) is 33.5 Å². The number of fused-ring (bicyclic) bond motifs is 2. The highest BCUT2D eigenvalue weighted by molar-refractivity contribution is 7.84. The van der Waals surface area contributed by atoms with Crippen LogP contribution in [0.1, 0.15) is 72.2 Å². The van der Waals surface area contributed by atoms with Gasteiger partial charge in [0.15, 0.2) is 13.2 Å². The van der Waals surface area contributed by atoms with E-state index in [9.17, 15) is 49.1 Å². The zero-order valence-electron chi connectivity index (χ0n) is 42.7. The van der Waals surface area contributed by atoms with Gasteiger partial charge in [0.1, 0.15) is 23.7 Å². The number of rotatable bonds is 18. The third kappa shape index (κ3) is 14.5. The average molecular weight is 1140 g/mol. The molecule has 0 bridgehead atoms. The lowest BCUT2D eigenvalue weighted by Crippen LogP contribution is -2.38. The number of pyridine rings is 2. The second-order valence-electron chi connectivity index (χ2n) is 18.7. The molecule has 19 nitrogen and oxygen atoms in total. The van der Waals surface area contributed by atoms with Crippen molar-refractivity contribution in [3.8, 4) is 11.5 Å². The molecule has 6 atom stereocenters. The van der Waals surface area contributed by atoms with Crippen LogP contribution in [0, 0.1) is 27.7 Å². The fraction of sp³-hybridized carbons (Fsp3) is 0.471. The smallest absolute Gasteiger partial charge is 0.484 e. The number of para-hydroxylation sites is 2. The second kappa shape index (κ2) is 25.0. The first-order chi connectivity index (χ1) is 37.1. The molecule has 0 aliphatic carbocycles. The largest absolute Gasteiger partial charge is 0.508 e. The number of alkyl halides is 6. The second-order valence-corrected chi connectivity index (χ2v) is 21.4. The maximum atomic E-state index is 13.9. The molecule has 0 radical (unpaired) electrons. The minimum atomic E-state index is -4.57. The molecular weight excluding hydrogens is 1080 g/mol. The SMILES string of the molecule is Cc1c(OCC(F)(F)F)ccnc1CS(=O)c1nc2c(C)cccc2n1C(=O)NCC[C@@H]1C[C@H](OC(=O)O[C@@H]2CCO[C@H](CCNC(=O)n3c(S(=O)Cc4nccc(OCC(F)(F)F)c4C)nc4c(C)cccc43)C2)CCO1. The number of carbonyl (C=O) groups is 3. The molecule has 420 valence electrons. The van der Waals surface area contributed by atoms with E-state index in [-0.39, 0.29) is 82.1 Å². The van der Waals surface area contributed by atoms with Gasteiger partial charge < -0.3 is 39.1 Å². The summed E-state index contributed by atoms with van der Waals surface area (Å²) >= 11 is 0. The zero-order chi connectivity index (χ0) is 55.9. The Morgan fingerprint density at radius 3 is 1.45 bits per heavy atom. The maximum Gasteiger partial charge on any atom is 0.508 e. The summed E-state index contributed by atoms with van der Waals surface area (Å²) in [6, 6.07) is 11.7. The van der Waals surface area contributed by atoms with E-state index in [4.69, 9.17) is 28.4 Å². The number of halogens is 6. The third-order valence-electron chi connectivity index (χ3n) is 13.0. The lowest BCUT2D eigenvalue weighted by molar-refractivity contribution is -0.154. The summed E-state index contributed by atoms with van der Waals surface area (Å²) in [5, 5.41) is 5.52. The minimum absolute atomic E-state index is 0.0659. The van der Waals surface area contributed by atoms with E-state index in [1.54, 1.807) is 50.2 Å².